The zero-order chi connectivity index (χ0) is 13.2. The first kappa shape index (κ1) is 12.2. The zero-order valence-corrected chi connectivity index (χ0v) is 11.2. The molecule has 1 N–H and O–H groups in total. The first-order valence-electron chi connectivity index (χ1n) is 6.62. The summed E-state index contributed by atoms with van der Waals surface area (Å²) < 4.78 is 0. The van der Waals surface area contributed by atoms with Gasteiger partial charge in [0, 0.05) is 12.7 Å². The maximum Gasteiger partial charge on any atom is 0.178 e. The molecule has 3 heterocycles. The van der Waals surface area contributed by atoms with Gasteiger partial charge >= 0.3 is 0 Å². The Morgan fingerprint density at radius 2 is 2.16 bits per heavy atom. The summed E-state index contributed by atoms with van der Waals surface area (Å²) in [4.78, 5) is 17.6. The van der Waals surface area contributed by atoms with Crippen LogP contribution in [0.5, 0.6) is 0 Å². The van der Waals surface area contributed by atoms with Gasteiger partial charge < -0.3 is 5.32 Å². The molecule has 5 nitrogen and oxygen atoms in total. The van der Waals surface area contributed by atoms with Crippen LogP contribution in [-0.4, -0.2) is 26.5 Å². The summed E-state index contributed by atoms with van der Waals surface area (Å²) in [6.07, 6.45) is 4.26. The summed E-state index contributed by atoms with van der Waals surface area (Å²) in [6.45, 7) is 6.17. The van der Waals surface area contributed by atoms with Crippen LogP contribution in [0.1, 0.15) is 36.7 Å². The molecule has 1 aliphatic heterocycles. The van der Waals surface area contributed by atoms with E-state index in [0.29, 0.717) is 11.7 Å². The number of fused-ring (bicyclic) bond motifs is 1. The fraction of sp³-hybridized carbons (Fsp3) is 0.429. The van der Waals surface area contributed by atoms with Crippen molar-refractivity contribution in [2.75, 3.05) is 6.54 Å². The van der Waals surface area contributed by atoms with Crippen molar-refractivity contribution in [1.82, 2.24) is 25.3 Å². The number of hydrogen-bond donors (Lipinski definition) is 1. The van der Waals surface area contributed by atoms with E-state index in [4.69, 9.17) is 4.98 Å². The number of nitrogens with one attached hydrogen (secondary N) is 1. The van der Waals surface area contributed by atoms with Crippen molar-refractivity contribution in [1.29, 1.82) is 0 Å². The Balaban J connectivity index is 2.14. The summed E-state index contributed by atoms with van der Waals surface area (Å²) in [5.41, 5.74) is 4.36. The van der Waals surface area contributed by atoms with Crippen molar-refractivity contribution in [2.24, 2.45) is 0 Å². The van der Waals surface area contributed by atoms with Crippen LogP contribution in [0.15, 0.2) is 18.6 Å². The van der Waals surface area contributed by atoms with Crippen LogP contribution in [-0.2, 0) is 13.0 Å². The molecule has 98 valence electrons. The van der Waals surface area contributed by atoms with Crippen molar-refractivity contribution in [3.05, 3.63) is 35.5 Å². The molecule has 0 radical (unpaired) electrons. The van der Waals surface area contributed by atoms with E-state index >= 15 is 0 Å². The first-order valence-corrected chi connectivity index (χ1v) is 6.62. The molecule has 0 amide bonds. The number of nitrogens with zero attached hydrogens (tertiary/aromatic N) is 4. The van der Waals surface area contributed by atoms with Crippen molar-refractivity contribution in [2.45, 2.75) is 32.7 Å². The highest BCUT2D eigenvalue weighted by atomic mass is 15.0. The van der Waals surface area contributed by atoms with E-state index in [1.54, 1.807) is 6.20 Å². The Bertz CT molecular complexity index is 580. The average Bonchev–Trinajstić information content (AvgIpc) is 2.47. The van der Waals surface area contributed by atoms with Crippen LogP contribution in [0, 0.1) is 0 Å². The van der Waals surface area contributed by atoms with Gasteiger partial charge in [0.25, 0.3) is 0 Å². The second-order valence-corrected chi connectivity index (χ2v) is 5.03. The van der Waals surface area contributed by atoms with Crippen LogP contribution < -0.4 is 5.32 Å². The Morgan fingerprint density at radius 3 is 2.89 bits per heavy atom. The molecular formula is C14H17N5. The highest BCUT2D eigenvalue weighted by Crippen LogP contribution is 2.25. The molecule has 2 aromatic heterocycles. The summed E-state index contributed by atoms with van der Waals surface area (Å²) in [7, 11) is 0. The van der Waals surface area contributed by atoms with E-state index in [9.17, 15) is 0 Å². The molecule has 0 saturated heterocycles. The van der Waals surface area contributed by atoms with Gasteiger partial charge in [-0.2, -0.15) is 0 Å². The van der Waals surface area contributed by atoms with E-state index in [1.807, 2.05) is 6.07 Å². The molecule has 0 spiro atoms. The molecule has 3 rings (SSSR count). The fourth-order valence-corrected chi connectivity index (χ4v) is 2.40. The molecule has 0 fully saturated rings. The molecule has 0 unspecified atom stereocenters. The maximum absolute atomic E-state index is 4.73. The SMILES string of the molecule is CC(C)c1nc(-c2ccncn2)nc2c1CCNC2. The van der Waals surface area contributed by atoms with Crippen molar-refractivity contribution in [3.8, 4) is 11.5 Å². The lowest BCUT2D eigenvalue weighted by Gasteiger charge is -2.21. The van der Waals surface area contributed by atoms with Gasteiger partial charge in [-0.25, -0.2) is 19.9 Å². The molecule has 0 aliphatic carbocycles. The van der Waals surface area contributed by atoms with Gasteiger partial charge in [0.05, 0.1) is 11.4 Å². The molecule has 0 atom stereocenters. The second-order valence-electron chi connectivity index (χ2n) is 5.03. The van der Waals surface area contributed by atoms with E-state index in [0.717, 1.165) is 36.6 Å². The third-order valence-corrected chi connectivity index (χ3v) is 3.33. The van der Waals surface area contributed by atoms with Gasteiger partial charge in [0.15, 0.2) is 5.82 Å². The van der Waals surface area contributed by atoms with Crippen LogP contribution in [0.3, 0.4) is 0 Å². The quantitative estimate of drug-likeness (QED) is 0.885. The lowest BCUT2D eigenvalue weighted by atomic mass is 9.97. The normalized spacial score (nSPS) is 14.5. The number of hydrogen-bond acceptors (Lipinski definition) is 5. The largest absolute Gasteiger partial charge is 0.311 e. The topological polar surface area (TPSA) is 63.6 Å². The molecule has 0 aromatic carbocycles. The number of rotatable bonds is 2. The van der Waals surface area contributed by atoms with Crippen molar-refractivity contribution < 1.29 is 0 Å². The van der Waals surface area contributed by atoms with Gasteiger partial charge in [0.2, 0.25) is 0 Å². The third-order valence-electron chi connectivity index (χ3n) is 3.33. The Morgan fingerprint density at radius 1 is 1.26 bits per heavy atom. The summed E-state index contributed by atoms with van der Waals surface area (Å²) in [5, 5.41) is 3.36. The summed E-state index contributed by atoms with van der Waals surface area (Å²) in [5.74, 6) is 1.10. The van der Waals surface area contributed by atoms with Gasteiger partial charge in [-0.3, -0.25) is 0 Å². The highest BCUT2D eigenvalue weighted by Gasteiger charge is 2.20. The zero-order valence-electron chi connectivity index (χ0n) is 11.2. The molecule has 0 saturated carbocycles. The monoisotopic (exact) mass is 255 g/mol. The van der Waals surface area contributed by atoms with Gasteiger partial charge in [-0.15, -0.1) is 0 Å². The lowest BCUT2D eigenvalue weighted by Crippen LogP contribution is -2.27. The maximum atomic E-state index is 4.73. The average molecular weight is 255 g/mol. The predicted octanol–water partition coefficient (Wildman–Crippen LogP) is 1.70. The molecule has 2 aromatic rings. The predicted molar refractivity (Wildman–Crippen MR) is 72.6 cm³/mol. The molecule has 0 bridgehead atoms. The number of aromatic nitrogens is 4. The van der Waals surface area contributed by atoms with Crippen molar-refractivity contribution >= 4 is 0 Å². The molecule has 1 aliphatic rings. The minimum atomic E-state index is 0.399. The first-order chi connectivity index (χ1) is 9.25. The highest BCUT2D eigenvalue weighted by molar-refractivity contribution is 5.50. The van der Waals surface area contributed by atoms with E-state index in [2.05, 4.69) is 34.1 Å². The van der Waals surface area contributed by atoms with Crippen LogP contribution >= 0.6 is 0 Å². The molecule has 19 heavy (non-hydrogen) atoms. The van der Waals surface area contributed by atoms with Gasteiger partial charge in [0.1, 0.15) is 12.0 Å². The lowest BCUT2D eigenvalue weighted by molar-refractivity contribution is 0.609. The Labute approximate surface area is 112 Å². The third kappa shape index (κ3) is 2.33. The van der Waals surface area contributed by atoms with Crippen LogP contribution in [0.2, 0.25) is 0 Å². The Hall–Kier alpha value is -1.88. The van der Waals surface area contributed by atoms with Gasteiger partial charge in [-0.1, -0.05) is 13.8 Å². The van der Waals surface area contributed by atoms with E-state index in [-0.39, 0.29) is 0 Å². The second kappa shape index (κ2) is 5.01. The fourth-order valence-electron chi connectivity index (χ4n) is 2.40. The van der Waals surface area contributed by atoms with E-state index < -0.39 is 0 Å². The van der Waals surface area contributed by atoms with Crippen LogP contribution in [0.25, 0.3) is 11.5 Å². The van der Waals surface area contributed by atoms with E-state index in [1.165, 1.54) is 11.9 Å². The summed E-state index contributed by atoms with van der Waals surface area (Å²) in [6, 6.07) is 1.85. The summed E-state index contributed by atoms with van der Waals surface area (Å²) >= 11 is 0. The minimum Gasteiger partial charge on any atom is -0.311 e. The Kier molecular flexibility index (Phi) is 3.21. The smallest absolute Gasteiger partial charge is 0.178 e. The van der Waals surface area contributed by atoms with Crippen LogP contribution in [0.4, 0.5) is 0 Å². The standard InChI is InChI=1S/C14H17N5/c1-9(2)13-10-3-5-15-7-12(10)18-14(19-13)11-4-6-16-8-17-11/h4,6,8-9,15H,3,5,7H2,1-2H3. The van der Waals surface area contributed by atoms with Crippen molar-refractivity contribution in [3.63, 3.8) is 0 Å². The molecular weight excluding hydrogens is 238 g/mol. The minimum absolute atomic E-state index is 0.399. The molecule has 5 heteroatoms. The van der Waals surface area contributed by atoms with Gasteiger partial charge in [-0.05, 0) is 30.5 Å².